The second kappa shape index (κ2) is 10.1. The number of hydrogen-bond donors (Lipinski definition) is 3. The van der Waals surface area contributed by atoms with E-state index in [0.717, 1.165) is 17.2 Å². The van der Waals surface area contributed by atoms with E-state index in [1.54, 1.807) is 30.3 Å². The van der Waals surface area contributed by atoms with Gasteiger partial charge in [0.15, 0.2) is 6.61 Å². The minimum atomic E-state index is -0.486. The molecule has 0 saturated carbocycles. The molecule has 7 nitrogen and oxygen atoms in total. The lowest BCUT2D eigenvalue weighted by atomic mass is 10.1. The number of rotatable bonds is 7. The van der Waals surface area contributed by atoms with Crippen molar-refractivity contribution in [2.75, 3.05) is 11.9 Å². The van der Waals surface area contributed by atoms with Crippen LogP contribution in [0.3, 0.4) is 0 Å². The Morgan fingerprint density at radius 3 is 2.30 bits per heavy atom. The number of amides is 3. The summed E-state index contributed by atoms with van der Waals surface area (Å²) in [7, 11) is 0. The Morgan fingerprint density at radius 2 is 1.57 bits per heavy atom. The first-order valence-corrected chi connectivity index (χ1v) is 9.66. The minimum absolute atomic E-state index is 0.0756. The van der Waals surface area contributed by atoms with Crippen molar-refractivity contribution in [2.24, 2.45) is 0 Å². The summed E-state index contributed by atoms with van der Waals surface area (Å²) in [5, 5.41) is 4.84. The molecular formula is C23H23N3O4. The summed E-state index contributed by atoms with van der Waals surface area (Å²) in [6, 6.07) is 19.8. The van der Waals surface area contributed by atoms with E-state index in [1.807, 2.05) is 43.3 Å². The fourth-order valence-corrected chi connectivity index (χ4v) is 2.80. The van der Waals surface area contributed by atoms with Crippen molar-refractivity contribution in [3.63, 3.8) is 0 Å². The minimum Gasteiger partial charge on any atom is -0.484 e. The van der Waals surface area contributed by atoms with E-state index in [2.05, 4.69) is 16.2 Å². The number of fused-ring (bicyclic) bond motifs is 1. The van der Waals surface area contributed by atoms with Gasteiger partial charge in [-0.15, -0.1) is 0 Å². The van der Waals surface area contributed by atoms with Gasteiger partial charge < -0.3 is 10.1 Å². The fourth-order valence-electron chi connectivity index (χ4n) is 2.80. The molecule has 3 aromatic carbocycles. The molecule has 0 saturated heterocycles. The number of benzene rings is 3. The molecule has 0 bridgehead atoms. The molecule has 0 unspecified atom stereocenters. The van der Waals surface area contributed by atoms with E-state index >= 15 is 0 Å². The van der Waals surface area contributed by atoms with Crippen molar-refractivity contribution in [3.8, 4) is 5.75 Å². The SMILES string of the molecule is CCCC(=O)Nc1ccc(C(=O)NNC(=O)COc2ccc3ccccc3c2)cc1. The topological polar surface area (TPSA) is 96.5 Å². The van der Waals surface area contributed by atoms with Gasteiger partial charge in [0.1, 0.15) is 5.75 Å². The smallest absolute Gasteiger partial charge is 0.276 e. The van der Waals surface area contributed by atoms with E-state index < -0.39 is 11.8 Å². The van der Waals surface area contributed by atoms with Crippen molar-refractivity contribution in [1.82, 2.24) is 10.9 Å². The highest BCUT2D eigenvalue weighted by atomic mass is 16.5. The zero-order chi connectivity index (χ0) is 21.3. The third kappa shape index (κ3) is 5.81. The van der Waals surface area contributed by atoms with Crippen LogP contribution in [0.15, 0.2) is 66.7 Å². The summed E-state index contributed by atoms with van der Waals surface area (Å²) >= 11 is 0. The largest absolute Gasteiger partial charge is 0.484 e. The zero-order valence-electron chi connectivity index (χ0n) is 16.6. The summed E-state index contributed by atoms with van der Waals surface area (Å²) in [4.78, 5) is 35.7. The normalized spacial score (nSPS) is 10.3. The fraction of sp³-hybridized carbons (Fsp3) is 0.174. The summed E-state index contributed by atoms with van der Waals surface area (Å²) in [6.07, 6.45) is 1.20. The summed E-state index contributed by atoms with van der Waals surface area (Å²) in [5.41, 5.74) is 5.61. The predicted octanol–water partition coefficient (Wildman–Crippen LogP) is 3.42. The Bertz CT molecular complexity index is 1050. The average molecular weight is 405 g/mol. The molecule has 30 heavy (non-hydrogen) atoms. The van der Waals surface area contributed by atoms with Crippen molar-refractivity contribution in [2.45, 2.75) is 19.8 Å². The maximum Gasteiger partial charge on any atom is 0.276 e. The molecule has 0 aliphatic carbocycles. The van der Waals surface area contributed by atoms with Gasteiger partial charge in [-0.25, -0.2) is 0 Å². The van der Waals surface area contributed by atoms with Gasteiger partial charge in [0.25, 0.3) is 11.8 Å². The molecule has 0 heterocycles. The molecule has 0 spiro atoms. The molecule has 0 radical (unpaired) electrons. The molecule has 0 atom stereocenters. The summed E-state index contributed by atoms with van der Waals surface area (Å²) in [6.45, 7) is 1.69. The molecule has 3 amide bonds. The standard InChI is InChI=1S/C23H23N3O4/c1-2-5-21(27)24-19-11-8-17(9-12-19)23(29)26-25-22(28)15-30-20-13-10-16-6-3-4-7-18(16)14-20/h3-4,6-14H,2,5,15H2,1H3,(H,24,27)(H,25,28)(H,26,29). The highest BCUT2D eigenvalue weighted by molar-refractivity contribution is 5.96. The lowest BCUT2D eigenvalue weighted by Crippen LogP contribution is -2.43. The van der Waals surface area contributed by atoms with Crippen LogP contribution in [0.5, 0.6) is 5.75 Å². The molecule has 154 valence electrons. The van der Waals surface area contributed by atoms with Crippen molar-refractivity contribution in [3.05, 3.63) is 72.3 Å². The zero-order valence-corrected chi connectivity index (χ0v) is 16.6. The number of hydrogen-bond acceptors (Lipinski definition) is 4. The number of nitrogens with one attached hydrogen (secondary N) is 3. The second-order valence-electron chi connectivity index (χ2n) is 6.68. The maximum absolute atomic E-state index is 12.2. The Hall–Kier alpha value is -3.87. The number of carbonyl (C=O) groups is 3. The highest BCUT2D eigenvalue weighted by Gasteiger charge is 2.09. The second-order valence-corrected chi connectivity index (χ2v) is 6.68. The maximum atomic E-state index is 12.2. The van der Waals surface area contributed by atoms with E-state index in [9.17, 15) is 14.4 Å². The third-order valence-corrected chi connectivity index (χ3v) is 4.31. The van der Waals surface area contributed by atoms with Crippen LogP contribution in [0.2, 0.25) is 0 Å². The summed E-state index contributed by atoms with van der Waals surface area (Å²) in [5.74, 6) is -0.468. The molecule has 0 fully saturated rings. The molecule has 3 aromatic rings. The molecule has 3 N–H and O–H groups in total. The lowest BCUT2D eigenvalue weighted by Gasteiger charge is -2.10. The summed E-state index contributed by atoms with van der Waals surface area (Å²) < 4.78 is 5.48. The number of anilines is 1. The van der Waals surface area contributed by atoms with Crippen molar-refractivity contribution >= 4 is 34.2 Å². The highest BCUT2D eigenvalue weighted by Crippen LogP contribution is 2.20. The van der Waals surface area contributed by atoms with Crippen LogP contribution in [0.4, 0.5) is 5.69 Å². The van der Waals surface area contributed by atoms with Gasteiger partial charge in [-0.05, 0) is 53.6 Å². The number of hydrazine groups is 1. The van der Waals surface area contributed by atoms with E-state index in [1.165, 1.54) is 0 Å². The Kier molecular flexibility index (Phi) is 7.00. The molecule has 0 aromatic heterocycles. The Balaban J connectivity index is 1.45. The van der Waals surface area contributed by atoms with Gasteiger partial charge in [-0.1, -0.05) is 37.3 Å². The van der Waals surface area contributed by atoms with Crippen LogP contribution in [-0.2, 0) is 9.59 Å². The van der Waals surface area contributed by atoms with Gasteiger partial charge in [0.05, 0.1) is 0 Å². The average Bonchev–Trinajstić information content (AvgIpc) is 2.76. The van der Waals surface area contributed by atoms with E-state index in [4.69, 9.17) is 4.74 Å². The quantitative estimate of drug-likeness (QED) is 0.525. The number of carbonyl (C=O) groups excluding carboxylic acids is 3. The van der Waals surface area contributed by atoms with Crippen LogP contribution >= 0.6 is 0 Å². The molecule has 7 heteroatoms. The van der Waals surface area contributed by atoms with Crippen LogP contribution in [0.1, 0.15) is 30.1 Å². The monoisotopic (exact) mass is 405 g/mol. The first kappa shape index (κ1) is 20.9. The molecular weight excluding hydrogens is 382 g/mol. The first-order chi connectivity index (χ1) is 14.5. The molecule has 0 aliphatic heterocycles. The van der Waals surface area contributed by atoms with E-state index in [0.29, 0.717) is 23.4 Å². The van der Waals surface area contributed by atoms with Gasteiger partial charge in [0.2, 0.25) is 5.91 Å². The van der Waals surface area contributed by atoms with Crippen molar-refractivity contribution < 1.29 is 19.1 Å². The number of ether oxygens (including phenoxy) is 1. The van der Waals surface area contributed by atoms with Crippen molar-refractivity contribution in [1.29, 1.82) is 0 Å². The van der Waals surface area contributed by atoms with Gasteiger partial charge in [-0.3, -0.25) is 25.2 Å². The van der Waals surface area contributed by atoms with Gasteiger partial charge in [0, 0.05) is 17.7 Å². The van der Waals surface area contributed by atoms with Gasteiger partial charge >= 0.3 is 0 Å². The van der Waals surface area contributed by atoms with Gasteiger partial charge in [-0.2, -0.15) is 0 Å². The Morgan fingerprint density at radius 1 is 0.833 bits per heavy atom. The molecule has 0 aliphatic rings. The van der Waals surface area contributed by atoms with Crippen LogP contribution in [0.25, 0.3) is 10.8 Å². The Labute approximate surface area is 174 Å². The van der Waals surface area contributed by atoms with Crippen LogP contribution in [0, 0.1) is 0 Å². The predicted molar refractivity (Wildman–Crippen MR) is 115 cm³/mol. The first-order valence-electron chi connectivity index (χ1n) is 9.66. The van der Waals surface area contributed by atoms with Crippen LogP contribution in [-0.4, -0.2) is 24.3 Å². The lowest BCUT2D eigenvalue weighted by molar-refractivity contribution is -0.123. The molecule has 3 rings (SSSR count). The van der Waals surface area contributed by atoms with Crippen LogP contribution < -0.4 is 20.9 Å². The third-order valence-electron chi connectivity index (χ3n) is 4.31. The van der Waals surface area contributed by atoms with E-state index in [-0.39, 0.29) is 12.5 Å².